The molecule has 1 nitrogen and oxygen atoms in total. The molecule has 0 radical (unpaired) electrons. The van der Waals surface area contributed by atoms with Crippen LogP contribution in [0.5, 0.6) is 0 Å². The van der Waals surface area contributed by atoms with Gasteiger partial charge in [0.1, 0.15) is 0 Å². The smallest absolute Gasteiger partial charge is 0.189 e. The molecule has 0 aliphatic heterocycles. The van der Waals surface area contributed by atoms with Gasteiger partial charge in [0, 0.05) is 22.6 Å². The summed E-state index contributed by atoms with van der Waals surface area (Å²) in [7, 11) is 0. The molecule has 3 heteroatoms. The first-order valence-electron chi connectivity index (χ1n) is 5.78. The van der Waals surface area contributed by atoms with Crippen molar-refractivity contribution in [2.45, 2.75) is 25.1 Å². The van der Waals surface area contributed by atoms with Gasteiger partial charge in [-0.25, -0.2) is 0 Å². The topological polar surface area (TPSA) is 17.1 Å². The van der Waals surface area contributed by atoms with Gasteiger partial charge in [-0.2, -0.15) is 0 Å². The monoisotopic (exact) mass is 280 g/mol. The fourth-order valence-corrected chi connectivity index (χ4v) is 2.56. The molecule has 0 heterocycles. The maximum Gasteiger partial charge on any atom is 0.189 e. The zero-order chi connectivity index (χ0) is 13.3. The van der Waals surface area contributed by atoms with E-state index in [4.69, 9.17) is 23.2 Å². The van der Waals surface area contributed by atoms with Crippen LogP contribution in [0.25, 0.3) is 0 Å². The Morgan fingerprint density at radius 3 is 2.44 bits per heavy atom. The molecule has 94 valence electrons. The van der Waals surface area contributed by atoms with E-state index in [1.165, 1.54) is 0 Å². The fourth-order valence-electron chi connectivity index (χ4n) is 2.14. The summed E-state index contributed by atoms with van der Waals surface area (Å²) in [6, 6.07) is 9.21. The average Bonchev–Trinajstić information content (AvgIpc) is 2.35. The van der Waals surface area contributed by atoms with E-state index in [2.05, 4.69) is 0 Å². The number of rotatable bonds is 2. The Hall–Kier alpha value is -1.05. The molecule has 1 aliphatic rings. The molecule has 0 fully saturated rings. The molecule has 1 unspecified atom stereocenters. The Kier molecular flexibility index (Phi) is 3.65. The van der Waals surface area contributed by atoms with Crippen molar-refractivity contribution in [1.82, 2.24) is 0 Å². The molecule has 0 amide bonds. The minimum atomic E-state index is -0.680. The van der Waals surface area contributed by atoms with Crippen LogP contribution < -0.4 is 0 Å². The van der Waals surface area contributed by atoms with E-state index in [0.717, 1.165) is 5.57 Å². The van der Waals surface area contributed by atoms with Crippen LogP contribution in [0, 0.1) is 0 Å². The summed E-state index contributed by atoms with van der Waals surface area (Å²) in [6.45, 7) is 3.71. The average molecular weight is 281 g/mol. The first-order valence-corrected chi connectivity index (χ1v) is 6.53. The number of carbonyl (C=O) groups is 1. The molecule has 1 aliphatic carbocycles. The Balaban J connectivity index is 2.37. The number of Topliss-reactive ketones (excluding diaryl/α,β-unsaturated/α-hetero) is 1. The lowest BCUT2D eigenvalue weighted by Crippen LogP contribution is -2.24. The Bertz CT molecular complexity index is 539. The van der Waals surface area contributed by atoms with Gasteiger partial charge in [-0.15, -0.1) is 11.6 Å². The van der Waals surface area contributed by atoms with E-state index in [1.807, 2.05) is 50.3 Å². The number of carbonyl (C=O) groups excluding carboxylic acids is 1. The molecule has 18 heavy (non-hydrogen) atoms. The van der Waals surface area contributed by atoms with E-state index < -0.39 is 4.87 Å². The summed E-state index contributed by atoms with van der Waals surface area (Å²) in [4.78, 5) is 11.7. The number of ketones is 1. The van der Waals surface area contributed by atoms with Gasteiger partial charge in [-0.3, -0.25) is 4.79 Å². The lowest BCUT2D eigenvalue weighted by atomic mass is 9.87. The van der Waals surface area contributed by atoms with E-state index in [0.29, 0.717) is 22.6 Å². The molecule has 1 aromatic rings. The van der Waals surface area contributed by atoms with Gasteiger partial charge in [0.25, 0.3) is 0 Å². The van der Waals surface area contributed by atoms with Gasteiger partial charge in [-0.1, -0.05) is 48.0 Å². The third-order valence-electron chi connectivity index (χ3n) is 3.04. The molecule has 2 rings (SSSR count). The van der Waals surface area contributed by atoms with Crippen molar-refractivity contribution in [3.05, 3.63) is 58.1 Å². The van der Waals surface area contributed by atoms with Crippen molar-refractivity contribution < 1.29 is 4.79 Å². The molecule has 1 aromatic carbocycles. The van der Waals surface area contributed by atoms with Gasteiger partial charge < -0.3 is 0 Å². The summed E-state index contributed by atoms with van der Waals surface area (Å²) < 4.78 is 0. The highest BCUT2D eigenvalue weighted by Crippen LogP contribution is 2.41. The molecular weight excluding hydrogens is 267 g/mol. The van der Waals surface area contributed by atoms with Crippen molar-refractivity contribution in [3.63, 3.8) is 0 Å². The van der Waals surface area contributed by atoms with Gasteiger partial charge >= 0.3 is 0 Å². The number of hydrogen-bond donors (Lipinski definition) is 0. The largest absolute Gasteiger partial charge is 0.289 e. The lowest BCUT2D eigenvalue weighted by molar-refractivity contribution is 0.102. The SMILES string of the molecule is CC1=C(Cl)C(C)(Cl)CC(C(=O)c2ccccc2)=C1. The number of benzene rings is 1. The van der Waals surface area contributed by atoms with Crippen molar-refractivity contribution in [3.8, 4) is 0 Å². The third kappa shape index (κ3) is 2.52. The molecular formula is C15H14Cl2O. The number of alkyl halides is 1. The quantitative estimate of drug-likeness (QED) is 0.566. The minimum Gasteiger partial charge on any atom is -0.289 e. The van der Waals surface area contributed by atoms with Crippen molar-refractivity contribution in [1.29, 1.82) is 0 Å². The van der Waals surface area contributed by atoms with Crippen LogP contribution in [0.4, 0.5) is 0 Å². The molecule has 0 saturated heterocycles. The predicted octanol–water partition coefficient (Wildman–Crippen LogP) is 4.71. The zero-order valence-electron chi connectivity index (χ0n) is 10.3. The first-order chi connectivity index (χ1) is 8.42. The first kappa shape index (κ1) is 13.4. The second-order valence-electron chi connectivity index (χ2n) is 4.74. The molecule has 0 spiro atoms. The Morgan fingerprint density at radius 2 is 1.89 bits per heavy atom. The normalized spacial score (nSPS) is 23.9. The van der Waals surface area contributed by atoms with Crippen LogP contribution in [0.15, 0.2) is 52.6 Å². The van der Waals surface area contributed by atoms with Crippen LogP contribution in [-0.2, 0) is 0 Å². The van der Waals surface area contributed by atoms with Crippen LogP contribution in [0.3, 0.4) is 0 Å². The summed E-state index contributed by atoms with van der Waals surface area (Å²) in [6.07, 6.45) is 2.29. The Labute approximate surface area is 117 Å². The highest BCUT2D eigenvalue weighted by molar-refractivity contribution is 6.40. The number of allylic oxidation sites excluding steroid dienone is 4. The standard InChI is InChI=1S/C15H14Cl2O/c1-10-8-12(9-15(2,17)14(10)16)13(18)11-6-4-3-5-7-11/h3-8H,9H2,1-2H3. The van der Waals surface area contributed by atoms with Gasteiger partial charge in [-0.05, 0) is 19.4 Å². The second-order valence-corrected chi connectivity index (χ2v) is 5.95. The zero-order valence-corrected chi connectivity index (χ0v) is 11.8. The van der Waals surface area contributed by atoms with Crippen molar-refractivity contribution in [2.24, 2.45) is 0 Å². The molecule has 0 bridgehead atoms. The summed E-state index contributed by atoms with van der Waals surface area (Å²) >= 11 is 12.5. The summed E-state index contributed by atoms with van der Waals surface area (Å²) in [5, 5.41) is 0.619. The van der Waals surface area contributed by atoms with Gasteiger partial charge in [0.05, 0.1) is 4.87 Å². The van der Waals surface area contributed by atoms with E-state index in [1.54, 1.807) is 0 Å². The number of hydrogen-bond acceptors (Lipinski definition) is 1. The minimum absolute atomic E-state index is 0.0194. The van der Waals surface area contributed by atoms with Gasteiger partial charge in [0.15, 0.2) is 5.78 Å². The fraction of sp³-hybridized carbons (Fsp3) is 0.267. The van der Waals surface area contributed by atoms with Crippen molar-refractivity contribution >= 4 is 29.0 Å². The summed E-state index contributed by atoms with van der Waals surface area (Å²) in [5.74, 6) is 0.0194. The van der Waals surface area contributed by atoms with Crippen LogP contribution >= 0.6 is 23.2 Å². The van der Waals surface area contributed by atoms with Crippen LogP contribution in [0.2, 0.25) is 0 Å². The lowest BCUT2D eigenvalue weighted by Gasteiger charge is -2.28. The highest BCUT2D eigenvalue weighted by atomic mass is 35.5. The van der Waals surface area contributed by atoms with Gasteiger partial charge in [0.2, 0.25) is 0 Å². The maximum atomic E-state index is 12.3. The van der Waals surface area contributed by atoms with Crippen LogP contribution in [-0.4, -0.2) is 10.7 Å². The van der Waals surface area contributed by atoms with Crippen LogP contribution in [0.1, 0.15) is 30.6 Å². The molecule has 0 N–H and O–H groups in total. The molecule has 0 saturated carbocycles. The van der Waals surface area contributed by atoms with Crippen molar-refractivity contribution in [2.75, 3.05) is 0 Å². The number of halogens is 2. The third-order valence-corrected chi connectivity index (χ3v) is 4.18. The second kappa shape index (κ2) is 4.91. The van der Waals surface area contributed by atoms with E-state index in [-0.39, 0.29) is 5.78 Å². The molecule has 0 aromatic heterocycles. The predicted molar refractivity (Wildman–Crippen MR) is 76.3 cm³/mol. The Morgan fingerprint density at radius 1 is 1.28 bits per heavy atom. The van der Waals surface area contributed by atoms with E-state index >= 15 is 0 Å². The van der Waals surface area contributed by atoms with E-state index in [9.17, 15) is 4.79 Å². The highest BCUT2D eigenvalue weighted by Gasteiger charge is 2.33. The maximum absolute atomic E-state index is 12.3. The summed E-state index contributed by atoms with van der Waals surface area (Å²) in [5.41, 5.74) is 2.25. The molecule has 1 atom stereocenters.